The lowest BCUT2D eigenvalue weighted by atomic mass is 9.95. The van der Waals surface area contributed by atoms with Crippen molar-refractivity contribution >= 4 is 5.91 Å². The van der Waals surface area contributed by atoms with Crippen molar-refractivity contribution in [3.8, 4) is 0 Å². The van der Waals surface area contributed by atoms with Crippen molar-refractivity contribution < 1.29 is 4.79 Å². The zero-order valence-electron chi connectivity index (χ0n) is 15.2. The number of aromatic nitrogens is 7. The summed E-state index contributed by atoms with van der Waals surface area (Å²) in [5.41, 5.74) is 1.08. The second-order valence-corrected chi connectivity index (χ2v) is 6.92. The molecule has 4 rings (SSSR count). The molecule has 1 saturated heterocycles. The molecular weight excluding hydrogens is 344 g/mol. The van der Waals surface area contributed by atoms with Gasteiger partial charge in [0.2, 0.25) is 5.91 Å². The second-order valence-electron chi connectivity index (χ2n) is 6.92. The first kappa shape index (κ1) is 17.3. The minimum absolute atomic E-state index is 0.0398. The molecule has 0 radical (unpaired) electrons. The van der Waals surface area contributed by atoms with Crippen molar-refractivity contribution in [2.24, 2.45) is 7.05 Å². The predicted octanol–water partition coefficient (Wildman–Crippen LogP) is 0.992. The van der Waals surface area contributed by atoms with E-state index in [-0.39, 0.29) is 11.8 Å². The molecule has 3 aromatic rings. The minimum atomic E-state index is -0.458. The van der Waals surface area contributed by atoms with Gasteiger partial charge in [0.1, 0.15) is 24.5 Å². The Kier molecular flexibility index (Phi) is 4.91. The lowest BCUT2D eigenvalue weighted by molar-refractivity contribution is -0.136. The van der Waals surface area contributed by atoms with Crippen LogP contribution in [0.3, 0.4) is 0 Å². The number of nitrogens with zero attached hydrogens (tertiary/aromatic N) is 8. The predicted molar refractivity (Wildman–Crippen MR) is 96.6 cm³/mol. The summed E-state index contributed by atoms with van der Waals surface area (Å²) in [7, 11) is 1.94. The number of rotatable bonds is 5. The molecule has 1 aliphatic heterocycles. The Bertz CT molecular complexity index is 876. The summed E-state index contributed by atoms with van der Waals surface area (Å²) in [6, 6.07) is 9.49. The van der Waals surface area contributed by atoms with Gasteiger partial charge in [-0.15, -0.1) is 15.3 Å². The highest BCUT2D eigenvalue weighted by Crippen LogP contribution is 2.27. The van der Waals surface area contributed by atoms with Crippen LogP contribution in [0.15, 0.2) is 43.0 Å². The number of hydrogen-bond donors (Lipinski definition) is 0. The van der Waals surface area contributed by atoms with E-state index < -0.39 is 6.04 Å². The van der Waals surface area contributed by atoms with Crippen LogP contribution in [0, 0.1) is 0 Å². The number of piperidine rings is 1. The fourth-order valence-corrected chi connectivity index (χ4v) is 3.70. The minimum Gasteiger partial charge on any atom is -0.340 e. The number of hydrogen-bond acceptors (Lipinski definition) is 6. The van der Waals surface area contributed by atoms with E-state index in [2.05, 4.69) is 25.7 Å². The van der Waals surface area contributed by atoms with Gasteiger partial charge in [-0.3, -0.25) is 4.79 Å². The zero-order chi connectivity index (χ0) is 18.6. The van der Waals surface area contributed by atoms with Crippen LogP contribution in [0.5, 0.6) is 0 Å². The molecule has 0 N–H and O–H groups in total. The van der Waals surface area contributed by atoms with Gasteiger partial charge < -0.3 is 9.47 Å². The van der Waals surface area contributed by atoms with Crippen molar-refractivity contribution in [2.45, 2.75) is 31.2 Å². The number of carbonyl (C=O) groups is 1. The van der Waals surface area contributed by atoms with E-state index in [1.54, 1.807) is 11.0 Å². The number of likely N-dealkylation sites (tertiary alicyclic amines) is 1. The van der Waals surface area contributed by atoms with Gasteiger partial charge in [0.15, 0.2) is 0 Å². The fraction of sp³-hybridized carbons (Fsp3) is 0.444. The Morgan fingerprint density at radius 1 is 1.22 bits per heavy atom. The SMILES string of the molecule is Cn1cnnc1[C@@H]1CCCN(C(=O)[C@H](Cc2ccccc2)n2cnnn2)C1. The summed E-state index contributed by atoms with van der Waals surface area (Å²) in [5, 5.41) is 19.6. The molecule has 1 amide bonds. The number of benzene rings is 1. The third-order valence-corrected chi connectivity index (χ3v) is 5.09. The van der Waals surface area contributed by atoms with Gasteiger partial charge in [-0.2, -0.15) is 0 Å². The van der Waals surface area contributed by atoms with Crippen LogP contribution in [0.2, 0.25) is 0 Å². The maximum absolute atomic E-state index is 13.4. The van der Waals surface area contributed by atoms with E-state index in [1.165, 1.54) is 6.33 Å². The number of amides is 1. The molecule has 0 spiro atoms. The Balaban J connectivity index is 1.55. The van der Waals surface area contributed by atoms with Gasteiger partial charge in [0, 0.05) is 32.5 Å². The molecule has 3 heterocycles. The molecule has 0 saturated carbocycles. The lowest BCUT2D eigenvalue weighted by Gasteiger charge is -2.34. The number of aryl methyl sites for hydroxylation is 1. The first-order valence-corrected chi connectivity index (χ1v) is 9.11. The molecule has 0 aliphatic carbocycles. The highest BCUT2D eigenvalue weighted by molar-refractivity contribution is 5.80. The second kappa shape index (κ2) is 7.65. The van der Waals surface area contributed by atoms with Crippen molar-refractivity contribution in [1.82, 2.24) is 39.9 Å². The summed E-state index contributed by atoms with van der Waals surface area (Å²) in [4.78, 5) is 15.3. The monoisotopic (exact) mass is 366 g/mol. The lowest BCUT2D eigenvalue weighted by Crippen LogP contribution is -2.44. The molecule has 27 heavy (non-hydrogen) atoms. The Hall–Kier alpha value is -3.10. The van der Waals surface area contributed by atoms with Crippen molar-refractivity contribution in [3.05, 3.63) is 54.4 Å². The average Bonchev–Trinajstić information content (AvgIpc) is 3.38. The van der Waals surface area contributed by atoms with Crippen LogP contribution in [-0.2, 0) is 18.3 Å². The topological polar surface area (TPSA) is 94.6 Å². The molecule has 0 unspecified atom stereocenters. The van der Waals surface area contributed by atoms with Crippen molar-refractivity contribution in [3.63, 3.8) is 0 Å². The molecule has 2 aromatic heterocycles. The van der Waals surface area contributed by atoms with Gasteiger partial charge in [0.05, 0.1) is 0 Å². The van der Waals surface area contributed by atoms with E-state index in [1.807, 2.05) is 46.8 Å². The molecule has 9 heteroatoms. The van der Waals surface area contributed by atoms with Gasteiger partial charge in [-0.1, -0.05) is 30.3 Å². The average molecular weight is 366 g/mol. The van der Waals surface area contributed by atoms with Crippen molar-refractivity contribution in [1.29, 1.82) is 0 Å². The van der Waals surface area contributed by atoms with E-state index >= 15 is 0 Å². The zero-order valence-corrected chi connectivity index (χ0v) is 15.2. The van der Waals surface area contributed by atoms with Crippen LogP contribution in [0.4, 0.5) is 0 Å². The molecule has 140 valence electrons. The van der Waals surface area contributed by atoms with Gasteiger partial charge in [0.25, 0.3) is 0 Å². The summed E-state index contributed by atoms with van der Waals surface area (Å²) in [5.74, 6) is 1.16. The van der Waals surface area contributed by atoms with Crippen LogP contribution >= 0.6 is 0 Å². The smallest absolute Gasteiger partial charge is 0.247 e. The molecule has 1 aliphatic rings. The molecule has 2 atom stereocenters. The summed E-state index contributed by atoms with van der Waals surface area (Å²) >= 11 is 0. The quantitative estimate of drug-likeness (QED) is 0.668. The largest absolute Gasteiger partial charge is 0.340 e. The summed E-state index contributed by atoms with van der Waals surface area (Å²) < 4.78 is 3.49. The third-order valence-electron chi connectivity index (χ3n) is 5.09. The van der Waals surface area contributed by atoms with Gasteiger partial charge >= 0.3 is 0 Å². The molecule has 1 aromatic carbocycles. The summed E-state index contributed by atoms with van der Waals surface area (Å²) in [6.45, 7) is 1.37. The standard InChI is InChI=1S/C18H22N8O/c1-24-12-19-21-17(24)15-8-5-9-25(11-15)18(27)16(26-13-20-22-23-26)10-14-6-3-2-4-7-14/h2-4,6-7,12-13,15-16H,5,8-11H2,1H3/t15-,16+/m1/s1. The highest BCUT2D eigenvalue weighted by Gasteiger charge is 2.32. The van der Waals surface area contributed by atoms with Gasteiger partial charge in [-0.05, 0) is 28.8 Å². The Labute approximate surface area is 157 Å². The Morgan fingerprint density at radius 3 is 2.78 bits per heavy atom. The van der Waals surface area contributed by atoms with E-state index in [0.717, 1.165) is 30.8 Å². The van der Waals surface area contributed by atoms with Crippen LogP contribution in [-0.4, -0.2) is 58.9 Å². The van der Waals surface area contributed by atoms with E-state index in [9.17, 15) is 4.79 Å². The van der Waals surface area contributed by atoms with E-state index in [0.29, 0.717) is 13.0 Å². The maximum atomic E-state index is 13.4. The molecule has 1 fully saturated rings. The Morgan fingerprint density at radius 2 is 2.07 bits per heavy atom. The first-order chi connectivity index (χ1) is 13.2. The molecule has 0 bridgehead atoms. The highest BCUT2D eigenvalue weighted by atomic mass is 16.2. The van der Waals surface area contributed by atoms with Crippen LogP contribution < -0.4 is 0 Å². The maximum Gasteiger partial charge on any atom is 0.247 e. The normalized spacial score (nSPS) is 18.4. The van der Waals surface area contributed by atoms with E-state index in [4.69, 9.17) is 0 Å². The van der Waals surface area contributed by atoms with Crippen molar-refractivity contribution in [2.75, 3.05) is 13.1 Å². The fourth-order valence-electron chi connectivity index (χ4n) is 3.70. The van der Waals surface area contributed by atoms with Gasteiger partial charge in [-0.25, -0.2) is 4.68 Å². The van der Waals surface area contributed by atoms with Crippen LogP contribution in [0.25, 0.3) is 0 Å². The first-order valence-electron chi connectivity index (χ1n) is 9.11. The molecular formula is C18H22N8O. The number of tetrazole rings is 1. The number of carbonyl (C=O) groups excluding carboxylic acids is 1. The summed E-state index contributed by atoms with van der Waals surface area (Å²) in [6.07, 6.45) is 5.71. The third kappa shape index (κ3) is 3.71. The van der Waals surface area contributed by atoms with Crippen LogP contribution in [0.1, 0.15) is 36.2 Å². The molecule has 9 nitrogen and oxygen atoms in total.